The zero-order chi connectivity index (χ0) is 22.3. The molecule has 0 bridgehead atoms. The number of para-hydroxylation sites is 1. The Hall–Kier alpha value is -2.90. The zero-order valence-electron chi connectivity index (χ0n) is 16.7. The Kier molecular flexibility index (Phi) is 7.65. The number of carbonyl (C=O) groups is 1. The Morgan fingerprint density at radius 2 is 1.58 bits per heavy atom. The molecular formula is C23H22ClFN2O3S. The lowest BCUT2D eigenvalue weighted by Gasteiger charge is -2.24. The maximum absolute atomic E-state index is 13.2. The molecule has 1 N–H and O–H groups in total. The van der Waals surface area contributed by atoms with Crippen molar-refractivity contribution in [1.82, 2.24) is 5.32 Å². The van der Waals surface area contributed by atoms with E-state index in [1.165, 1.54) is 12.1 Å². The minimum Gasteiger partial charge on any atom is -0.355 e. The predicted molar refractivity (Wildman–Crippen MR) is 120 cm³/mol. The number of benzene rings is 3. The van der Waals surface area contributed by atoms with Gasteiger partial charge in [-0.15, -0.1) is 0 Å². The van der Waals surface area contributed by atoms with Crippen LogP contribution >= 0.6 is 11.6 Å². The largest absolute Gasteiger partial charge is 0.355 e. The minimum absolute atomic E-state index is 0.0895. The van der Waals surface area contributed by atoms with Gasteiger partial charge < -0.3 is 5.32 Å². The van der Waals surface area contributed by atoms with Gasteiger partial charge >= 0.3 is 0 Å². The van der Waals surface area contributed by atoms with Crippen molar-refractivity contribution in [2.24, 2.45) is 0 Å². The highest BCUT2D eigenvalue weighted by Gasteiger charge is 2.27. The number of carbonyl (C=O) groups excluding carboxylic acids is 1. The Bertz CT molecular complexity index is 1110. The van der Waals surface area contributed by atoms with Gasteiger partial charge in [0.2, 0.25) is 5.91 Å². The van der Waals surface area contributed by atoms with Crippen molar-refractivity contribution in [3.63, 3.8) is 0 Å². The molecule has 0 radical (unpaired) electrons. The molecule has 3 aromatic carbocycles. The van der Waals surface area contributed by atoms with Crippen LogP contribution in [-0.4, -0.2) is 27.4 Å². The van der Waals surface area contributed by atoms with Crippen LogP contribution in [-0.2, 0) is 21.2 Å². The lowest BCUT2D eigenvalue weighted by Crippen LogP contribution is -2.41. The highest BCUT2D eigenvalue weighted by molar-refractivity contribution is 7.92. The fourth-order valence-corrected chi connectivity index (χ4v) is 4.55. The summed E-state index contributed by atoms with van der Waals surface area (Å²) < 4.78 is 40.5. The first kappa shape index (κ1) is 22.8. The second-order valence-corrected chi connectivity index (χ2v) is 9.18. The monoisotopic (exact) mass is 460 g/mol. The summed E-state index contributed by atoms with van der Waals surface area (Å²) in [5.41, 5.74) is 1.45. The van der Waals surface area contributed by atoms with Crippen molar-refractivity contribution in [3.05, 3.63) is 95.3 Å². The molecule has 3 aromatic rings. The van der Waals surface area contributed by atoms with E-state index in [2.05, 4.69) is 5.32 Å². The molecule has 0 aromatic heterocycles. The van der Waals surface area contributed by atoms with Gasteiger partial charge in [0.05, 0.1) is 10.6 Å². The van der Waals surface area contributed by atoms with E-state index in [-0.39, 0.29) is 11.4 Å². The number of hydrogen-bond donors (Lipinski definition) is 1. The van der Waals surface area contributed by atoms with Gasteiger partial charge in [-0.2, -0.15) is 0 Å². The number of halogens is 2. The molecule has 3 rings (SSSR count). The number of hydrogen-bond acceptors (Lipinski definition) is 3. The molecule has 31 heavy (non-hydrogen) atoms. The van der Waals surface area contributed by atoms with E-state index in [1.807, 2.05) is 24.3 Å². The van der Waals surface area contributed by atoms with Crippen molar-refractivity contribution >= 4 is 33.2 Å². The molecule has 0 saturated carbocycles. The van der Waals surface area contributed by atoms with Crippen LogP contribution in [0, 0.1) is 5.82 Å². The number of amides is 1. The molecule has 0 aliphatic carbocycles. The third-order valence-electron chi connectivity index (χ3n) is 4.61. The standard InChI is InChI=1S/C23H22ClFN2O3S/c24-19-10-8-18(9-11-19)5-4-16-26-23(28)17-27(21-6-2-1-3-7-21)31(29,30)22-14-12-20(25)13-15-22/h1-3,6-15H,4-5,16-17H2,(H,26,28). The van der Waals surface area contributed by atoms with Crippen molar-refractivity contribution in [1.29, 1.82) is 0 Å². The van der Waals surface area contributed by atoms with Crippen LogP contribution in [0.4, 0.5) is 10.1 Å². The highest BCUT2D eigenvalue weighted by atomic mass is 35.5. The third-order valence-corrected chi connectivity index (χ3v) is 6.65. The average Bonchev–Trinajstić information content (AvgIpc) is 2.77. The van der Waals surface area contributed by atoms with E-state index in [1.54, 1.807) is 30.3 Å². The molecule has 162 valence electrons. The minimum atomic E-state index is -4.05. The smallest absolute Gasteiger partial charge is 0.264 e. The molecule has 0 spiro atoms. The molecule has 0 fully saturated rings. The first-order chi connectivity index (χ1) is 14.9. The van der Waals surface area contributed by atoms with Crippen LogP contribution < -0.4 is 9.62 Å². The normalized spacial score (nSPS) is 11.2. The van der Waals surface area contributed by atoms with Crippen LogP contribution in [0.3, 0.4) is 0 Å². The van der Waals surface area contributed by atoms with Gasteiger partial charge in [0.25, 0.3) is 10.0 Å². The third kappa shape index (κ3) is 6.29. The van der Waals surface area contributed by atoms with E-state index in [0.717, 1.165) is 28.4 Å². The van der Waals surface area contributed by atoms with Crippen LogP contribution in [0.2, 0.25) is 5.02 Å². The summed E-state index contributed by atoms with van der Waals surface area (Å²) in [5, 5.41) is 3.43. The molecule has 0 heterocycles. The summed E-state index contributed by atoms with van der Waals surface area (Å²) in [6.07, 6.45) is 1.46. The molecule has 0 aliphatic heterocycles. The highest BCUT2D eigenvalue weighted by Crippen LogP contribution is 2.23. The SMILES string of the molecule is O=C(CN(c1ccccc1)S(=O)(=O)c1ccc(F)cc1)NCCCc1ccc(Cl)cc1. The van der Waals surface area contributed by atoms with Gasteiger partial charge in [0, 0.05) is 11.6 Å². The van der Waals surface area contributed by atoms with Crippen LogP contribution in [0.1, 0.15) is 12.0 Å². The summed E-state index contributed by atoms with van der Waals surface area (Å²) in [6, 6.07) is 20.3. The first-order valence-corrected chi connectivity index (χ1v) is 11.5. The van der Waals surface area contributed by atoms with Gasteiger partial charge in [0.15, 0.2) is 0 Å². The molecule has 0 unspecified atom stereocenters. The molecule has 8 heteroatoms. The van der Waals surface area contributed by atoms with E-state index >= 15 is 0 Å². The number of anilines is 1. The zero-order valence-corrected chi connectivity index (χ0v) is 18.2. The second-order valence-electron chi connectivity index (χ2n) is 6.88. The molecule has 1 amide bonds. The Morgan fingerprint density at radius 3 is 2.23 bits per heavy atom. The lowest BCUT2D eigenvalue weighted by atomic mass is 10.1. The number of aryl methyl sites for hydroxylation is 1. The van der Waals surface area contributed by atoms with E-state index in [9.17, 15) is 17.6 Å². The molecule has 0 aliphatic rings. The quantitative estimate of drug-likeness (QED) is 0.480. The van der Waals surface area contributed by atoms with Crippen molar-refractivity contribution in [2.75, 3.05) is 17.4 Å². The fourth-order valence-electron chi connectivity index (χ4n) is 3.00. The van der Waals surface area contributed by atoms with Crippen molar-refractivity contribution in [3.8, 4) is 0 Å². The van der Waals surface area contributed by atoms with Gasteiger partial charge in [-0.05, 0) is 66.9 Å². The number of rotatable bonds is 9. The van der Waals surface area contributed by atoms with Crippen LogP contribution in [0.15, 0.2) is 83.8 Å². The summed E-state index contributed by atoms with van der Waals surface area (Å²) in [6.45, 7) is 0.0192. The van der Waals surface area contributed by atoms with Crippen LogP contribution in [0.25, 0.3) is 0 Å². The summed E-state index contributed by atoms with van der Waals surface area (Å²) in [7, 11) is -4.05. The Morgan fingerprint density at radius 1 is 0.935 bits per heavy atom. The topological polar surface area (TPSA) is 66.5 Å². The molecule has 0 saturated heterocycles. The second kappa shape index (κ2) is 10.4. The van der Waals surface area contributed by atoms with Gasteiger partial charge in [-0.1, -0.05) is 41.9 Å². The number of nitrogens with one attached hydrogen (secondary N) is 1. The van der Waals surface area contributed by atoms with Gasteiger partial charge in [-0.25, -0.2) is 12.8 Å². The average molecular weight is 461 g/mol. The van der Waals surface area contributed by atoms with Crippen LogP contribution in [0.5, 0.6) is 0 Å². The lowest BCUT2D eigenvalue weighted by molar-refractivity contribution is -0.119. The number of sulfonamides is 1. The fraction of sp³-hybridized carbons (Fsp3) is 0.174. The van der Waals surface area contributed by atoms with Crippen molar-refractivity contribution < 1.29 is 17.6 Å². The Balaban J connectivity index is 1.66. The number of nitrogens with zero attached hydrogens (tertiary/aromatic N) is 1. The van der Waals surface area contributed by atoms with E-state index in [0.29, 0.717) is 23.7 Å². The van der Waals surface area contributed by atoms with Gasteiger partial charge in [-0.3, -0.25) is 9.10 Å². The van der Waals surface area contributed by atoms with Gasteiger partial charge in [0.1, 0.15) is 12.4 Å². The van der Waals surface area contributed by atoms with E-state index in [4.69, 9.17) is 11.6 Å². The summed E-state index contributed by atoms with van der Waals surface area (Å²) in [5.74, 6) is -0.964. The first-order valence-electron chi connectivity index (χ1n) is 9.71. The summed E-state index contributed by atoms with van der Waals surface area (Å²) in [4.78, 5) is 12.4. The predicted octanol–water partition coefficient (Wildman–Crippen LogP) is 4.42. The molecule has 0 atom stereocenters. The summed E-state index contributed by atoms with van der Waals surface area (Å²) >= 11 is 5.87. The Labute approximate surface area is 186 Å². The van der Waals surface area contributed by atoms with E-state index < -0.39 is 21.7 Å². The molecular weight excluding hydrogens is 439 g/mol. The maximum atomic E-state index is 13.2. The maximum Gasteiger partial charge on any atom is 0.264 e. The van der Waals surface area contributed by atoms with Crippen molar-refractivity contribution in [2.45, 2.75) is 17.7 Å². The molecule has 5 nitrogen and oxygen atoms in total.